The Morgan fingerprint density at radius 1 is 1.10 bits per heavy atom. The fraction of sp³-hybridized carbons (Fsp3) is 0.118. The van der Waals surface area contributed by atoms with Gasteiger partial charge in [0.1, 0.15) is 11.5 Å². The van der Waals surface area contributed by atoms with Gasteiger partial charge in [-0.25, -0.2) is 4.79 Å². The smallest absolute Gasteiger partial charge is 0.343 e. The van der Waals surface area contributed by atoms with Crippen LogP contribution in [0.2, 0.25) is 0 Å². The van der Waals surface area contributed by atoms with Crippen molar-refractivity contribution < 1.29 is 14.3 Å². The first-order chi connectivity index (χ1) is 9.63. The molecule has 3 heteroatoms. The van der Waals surface area contributed by atoms with Crippen molar-refractivity contribution in [1.29, 1.82) is 0 Å². The number of carbonyl (C=O) groups excluding carboxylic acids is 1. The molecule has 0 aliphatic rings. The zero-order valence-corrected chi connectivity index (χ0v) is 11.6. The van der Waals surface area contributed by atoms with Gasteiger partial charge >= 0.3 is 5.97 Å². The highest BCUT2D eigenvalue weighted by Gasteiger charge is 2.09. The molecule has 102 valence electrons. The summed E-state index contributed by atoms with van der Waals surface area (Å²) in [6.45, 7) is 5.70. The summed E-state index contributed by atoms with van der Waals surface area (Å²) in [5.74, 6) is 0.809. The van der Waals surface area contributed by atoms with Crippen molar-refractivity contribution in [3.63, 3.8) is 0 Å². The van der Waals surface area contributed by atoms with E-state index >= 15 is 0 Å². The van der Waals surface area contributed by atoms with Crippen molar-refractivity contribution in [2.45, 2.75) is 6.92 Å². The molecule has 0 N–H and O–H groups in total. The minimum atomic E-state index is -0.390. The molecular weight excluding hydrogens is 252 g/mol. The molecule has 0 saturated carbocycles. The monoisotopic (exact) mass is 268 g/mol. The summed E-state index contributed by atoms with van der Waals surface area (Å²) >= 11 is 0. The topological polar surface area (TPSA) is 35.5 Å². The largest absolute Gasteiger partial charge is 0.497 e. The molecule has 3 nitrogen and oxygen atoms in total. The van der Waals surface area contributed by atoms with Crippen molar-refractivity contribution >= 4 is 12.0 Å². The molecule has 0 atom stereocenters. The third-order valence-corrected chi connectivity index (χ3v) is 3.00. The van der Waals surface area contributed by atoms with E-state index in [0.717, 1.165) is 11.1 Å². The number of hydrogen-bond acceptors (Lipinski definition) is 3. The predicted octanol–water partition coefficient (Wildman–Crippen LogP) is 3.87. The Balaban J connectivity index is 2.16. The molecule has 2 rings (SSSR count). The van der Waals surface area contributed by atoms with Crippen LogP contribution in [0.1, 0.15) is 21.5 Å². The number of esters is 1. The molecule has 0 aromatic heterocycles. The highest BCUT2D eigenvalue weighted by atomic mass is 16.5. The van der Waals surface area contributed by atoms with Crippen LogP contribution in [0.4, 0.5) is 0 Å². The van der Waals surface area contributed by atoms with Crippen molar-refractivity contribution in [2.24, 2.45) is 0 Å². The zero-order chi connectivity index (χ0) is 14.5. The van der Waals surface area contributed by atoms with Crippen LogP contribution < -0.4 is 9.47 Å². The summed E-state index contributed by atoms with van der Waals surface area (Å²) in [7, 11) is 1.59. The Hall–Kier alpha value is -2.55. The van der Waals surface area contributed by atoms with Gasteiger partial charge in [-0.3, -0.25) is 0 Å². The molecule has 2 aromatic carbocycles. The first-order valence-electron chi connectivity index (χ1n) is 6.23. The van der Waals surface area contributed by atoms with Gasteiger partial charge in [0.05, 0.1) is 12.7 Å². The Bertz CT molecular complexity index is 627. The van der Waals surface area contributed by atoms with E-state index in [9.17, 15) is 4.79 Å². The van der Waals surface area contributed by atoms with E-state index in [4.69, 9.17) is 9.47 Å². The summed E-state index contributed by atoms with van der Waals surface area (Å²) in [5.41, 5.74) is 2.50. The fourth-order valence-electron chi connectivity index (χ4n) is 1.80. The highest BCUT2D eigenvalue weighted by molar-refractivity contribution is 5.91. The van der Waals surface area contributed by atoms with E-state index in [0.29, 0.717) is 17.1 Å². The molecule has 0 heterocycles. The van der Waals surface area contributed by atoms with Crippen LogP contribution in [0.15, 0.2) is 49.0 Å². The second-order valence-corrected chi connectivity index (χ2v) is 4.34. The van der Waals surface area contributed by atoms with Gasteiger partial charge in [-0.2, -0.15) is 0 Å². The Morgan fingerprint density at radius 3 is 2.35 bits per heavy atom. The normalized spacial score (nSPS) is 9.90. The van der Waals surface area contributed by atoms with Crippen LogP contribution in [0, 0.1) is 6.92 Å². The molecule has 0 bridgehead atoms. The third kappa shape index (κ3) is 3.06. The fourth-order valence-corrected chi connectivity index (χ4v) is 1.80. The van der Waals surface area contributed by atoms with E-state index in [-0.39, 0.29) is 0 Å². The van der Waals surface area contributed by atoms with Gasteiger partial charge in [-0.15, -0.1) is 0 Å². The van der Waals surface area contributed by atoms with E-state index in [2.05, 4.69) is 6.58 Å². The first kappa shape index (κ1) is 13.9. The molecule has 2 aromatic rings. The summed E-state index contributed by atoms with van der Waals surface area (Å²) in [6, 6.07) is 12.3. The van der Waals surface area contributed by atoms with Gasteiger partial charge in [0, 0.05) is 0 Å². The molecule has 0 aliphatic heterocycles. The molecule has 0 aliphatic carbocycles. The van der Waals surface area contributed by atoms with Crippen LogP contribution in [0.3, 0.4) is 0 Å². The van der Waals surface area contributed by atoms with E-state index < -0.39 is 5.97 Å². The quantitative estimate of drug-likeness (QED) is 0.624. The lowest BCUT2D eigenvalue weighted by Crippen LogP contribution is -2.08. The minimum Gasteiger partial charge on any atom is -0.497 e. The maximum Gasteiger partial charge on any atom is 0.343 e. The summed E-state index contributed by atoms with van der Waals surface area (Å²) in [4.78, 5) is 12.1. The van der Waals surface area contributed by atoms with E-state index in [1.807, 2.05) is 13.0 Å². The van der Waals surface area contributed by atoms with Gasteiger partial charge in [-0.05, 0) is 54.4 Å². The Labute approximate surface area is 118 Å². The molecule has 0 radical (unpaired) electrons. The van der Waals surface area contributed by atoms with Crippen LogP contribution in [-0.4, -0.2) is 13.1 Å². The van der Waals surface area contributed by atoms with Gasteiger partial charge in [0.25, 0.3) is 0 Å². The van der Waals surface area contributed by atoms with Crippen LogP contribution in [0.25, 0.3) is 6.08 Å². The van der Waals surface area contributed by atoms with Gasteiger partial charge in [0.2, 0.25) is 0 Å². The van der Waals surface area contributed by atoms with E-state index in [1.54, 1.807) is 49.6 Å². The SMILES string of the molecule is C=Cc1cc(C(=O)Oc2ccc(OC)cc2)ccc1C. The van der Waals surface area contributed by atoms with Crippen LogP contribution >= 0.6 is 0 Å². The van der Waals surface area contributed by atoms with Crippen LogP contribution in [-0.2, 0) is 0 Å². The van der Waals surface area contributed by atoms with Crippen molar-refractivity contribution in [2.75, 3.05) is 7.11 Å². The van der Waals surface area contributed by atoms with E-state index in [1.165, 1.54) is 0 Å². The average molecular weight is 268 g/mol. The zero-order valence-electron chi connectivity index (χ0n) is 11.6. The lowest BCUT2D eigenvalue weighted by Gasteiger charge is -2.07. The third-order valence-electron chi connectivity index (χ3n) is 3.00. The standard InChI is InChI=1S/C17H16O3/c1-4-13-11-14(6-5-12(13)2)17(18)20-16-9-7-15(19-3)8-10-16/h4-11H,1H2,2-3H3. The molecule has 0 amide bonds. The Morgan fingerprint density at radius 2 is 1.75 bits per heavy atom. The molecule has 0 saturated heterocycles. The summed E-state index contributed by atoms with van der Waals surface area (Å²) < 4.78 is 10.4. The molecular formula is C17H16O3. The van der Waals surface area contributed by atoms with Gasteiger partial charge in [-0.1, -0.05) is 18.7 Å². The highest BCUT2D eigenvalue weighted by Crippen LogP contribution is 2.19. The second-order valence-electron chi connectivity index (χ2n) is 4.34. The van der Waals surface area contributed by atoms with Crippen molar-refractivity contribution in [1.82, 2.24) is 0 Å². The lowest BCUT2D eigenvalue weighted by molar-refractivity contribution is 0.0734. The average Bonchev–Trinajstić information content (AvgIpc) is 2.48. The summed E-state index contributed by atoms with van der Waals surface area (Å²) in [5, 5.41) is 0. The minimum absolute atomic E-state index is 0.390. The molecule has 0 fully saturated rings. The van der Waals surface area contributed by atoms with Crippen molar-refractivity contribution in [3.8, 4) is 11.5 Å². The Kier molecular flexibility index (Phi) is 4.20. The predicted molar refractivity (Wildman–Crippen MR) is 79.2 cm³/mol. The number of carbonyl (C=O) groups is 1. The molecule has 0 unspecified atom stereocenters. The second kappa shape index (κ2) is 6.06. The molecule has 0 spiro atoms. The number of aryl methyl sites for hydroxylation is 1. The number of methoxy groups -OCH3 is 1. The number of rotatable bonds is 4. The van der Waals surface area contributed by atoms with Crippen LogP contribution in [0.5, 0.6) is 11.5 Å². The number of hydrogen-bond donors (Lipinski definition) is 0. The molecule has 20 heavy (non-hydrogen) atoms. The number of benzene rings is 2. The van der Waals surface area contributed by atoms with Gasteiger partial charge < -0.3 is 9.47 Å². The lowest BCUT2D eigenvalue weighted by atomic mass is 10.1. The van der Waals surface area contributed by atoms with Crippen molar-refractivity contribution in [3.05, 3.63) is 65.7 Å². The summed E-state index contributed by atoms with van der Waals surface area (Å²) in [6.07, 6.45) is 1.72. The number of ether oxygens (including phenoxy) is 2. The first-order valence-corrected chi connectivity index (χ1v) is 6.23. The maximum absolute atomic E-state index is 12.1. The van der Waals surface area contributed by atoms with Gasteiger partial charge in [0.15, 0.2) is 0 Å². The maximum atomic E-state index is 12.1.